The van der Waals surface area contributed by atoms with E-state index in [1.165, 1.54) is 0 Å². The standard InChI is InChI=1S/C12H20ClN3/c1-5-7-9-11(13)14-10(8-6-2)12(15-9)16(3)4/h5-8H2,1-4H3. The van der Waals surface area contributed by atoms with Crippen molar-refractivity contribution in [1.29, 1.82) is 0 Å². The molecule has 0 radical (unpaired) electrons. The molecule has 1 aromatic heterocycles. The Hall–Kier alpha value is -0.830. The molecule has 0 aliphatic rings. The van der Waals surface area contributed by atoms with E-state index in [1.807, 2.05) is 19.0 Å². The number of hydrogen-bond acceptors (Lipinski definition) is 3. The molecule has 16 heavy (non-hydrogen) atoms. The van der Waals surface area contributed by atoms with E-state index in [1.54, 1.807) is 0 Å². The van der Waals surface area contributed by atoms with Gasteiger partial charge in [-0.15, -0.1) is 0 Å². The first-order valence-electron chi connectivity index (χ1n) is 5.82. The molecule has 0 N–H and O–H groups in total. The maximum Gasteiger partial charge on any atom is 0.150 e. The maximum atomic E-state index is 6.13. The zero-order valence-corrected chi connectivity index (χ0v) is 11.3. The summed E-state index contributed by atoms with van der Waals surface area (Å²) in [6, 6.07) is 0. The highest BCUT2D eigenvalue weighted by molar-refractivity contribution is 6.30. The van der Waals surface area contributed by atoms with E-state index in [9.17, 15) is 0 Å². The van der Waals surface area contributed by atoms with Gasteiger partial charge in [0.2, 0.25) is 0 Å². The summed E-state index contributed by atoms with van der Waals surface area (Å²) in [6.07, 6.45) is 3.90. The SMILES string of the molecule is CCCc1nc(N(C)C)c(CCC)nc1Cl. The Morgan fingerprint density at radius 1 is 1.00 bits per heavy atom. The van der Waals surface area contributed by atoms with Gasteiger partial charge in [-0.1, -0.05) is 38.3 Å². The van der Waals surface area contributed by atoms with Crippen LogP contribution in [0.1, 0.15) is 38.1 Å². The average Bonchev–Trinajstić information content (AvgIpc) is 2.22. The zero-order chi connectivity index (χ0) is 12.1. The second-order valence-electron chi connectivity index (χ2n) is 4.13. The fourth-order valence-corrected chi connectivity index (χ4v) is 1.87. The molecule has 0 aromatic carbocycles. The lowest BCUT2D eigenvalue weighted by Gasteiger charge is -2.17. The summed E-state index contributed by atoms with van der Waals surface area (Å²) in [5.41, 5.74) is 1.91. The second kappa shape index (κ2) is 6.04. The maximum absolute atomic E-state index is 6.13. The Bertz CT molecular complexity index is 350. The van der Waals surface area contributed by atoms with Gasteiger partial charge in [-0.3, -0.25) is 0 Å². The number of anilines is 1. The summed E-state index contributed by atoms with van der Waals surface area (Å²) in [4.78, 5) is 11.1. The largest absolute Gasteiger partial charge is 0.361 e. The van der Waals surface area contributed by atoms with Gasteiger partial charge in [-0.2, -0.15) is 0 Å². The molecule has 1 rings (SSSR count). The first-order chi connectivity index (χ1) is 7.60. The molecule has 0 atom stereocenters. The van der Waals surface area contributed by atoms with Crippen LogP contribution in [0.3, 0.4) is 0 Å². The normalized spacial score (nSPS) is 10.6. The van der Waals surface area contributed by atoms with Gasteiger partial charge < -0.3 is 4.90 Å². The number of halogens is 1. The summed E-state index contributed by atoms with van der Waals surface area (Å²) in [6.45, 7) is 4.25. The fourth-order valence-electron chi connectivity index (χ4n) is 1.63. The molecule has 3 nitrogen and oxygen atoms in total. The molecule has 0 unspecified atom stereocenters. The molecule has 0 aliphatic carbocycles. The topological polar surface area (TPSA) is 29.0 Å². The summed E-state index contributed by atoms with van der Waals surface area (Å²) in [5.74, 6) is 0.953. The number of rotatable bonds is 5. The molecular weight excluding hydrogens is 222 g/mol. The van der Waals surface area contributed by atoms with Crippen molar-refractivity contribution in [3.63, 3.8) is 0 Å². The average molecular weight is 242 g/mol. The Morgan fingerprint density at radius 3 is 2.06 bits per heavy atom. The van der Waals surface area contributed by atoms with E-state index < -0.39 is 0 Å². The van der Waals surface area contributed by atoms with Crippen molar-refractivity contribution in [2.45, 2.75) is 39.5 Å². The van der Waals surface area contributed by atoms with E-state index >= 15 is 0 Å². The third-order valence-corrected chi connectivity index (χ3v) is 2.67. The summed E-state index contributed by atoms with van der Waals surface area (Å²) < 4.78 is 0. The van der Waals surface area contributed by atoms with Crippen LogP contribution in [0.2, 0.25) is 5.15 Å². The lowest BCUT2D eigenvalue weighted by atomic mass is 10.2. The molecule has 1 heterocycles. The van der Waals surface area contributed by atoms with E-state index in [0.29, 0.717) is 5.15 Å². The highest BCUT2D eigenvalue weighted by atomic mass is 35.5. The second-order valence-corrected chi connectivity index (χ2v) is 4.48. The molecule has 0 amide bonds. The smallest absolute Gasteiger partial charge is 0.150 e. The predicted molar refractivity (Wildman–Crippen MR) is 69.4 cm³/mol. The Morgan fingerprint density at radius 2 is 1.56 bits per heavy atom. The Labute approximate surface area is 103 Å². The summed E-state index contributed by atoms with van der Waals surface area (Å²) in [7, 11) is 3.99. The van der Waals surface area contributed by atoms with Crippen molar-refractivity contribution in [1.82, 2.24) is 9.97 Å². The van der Waals surface area contributed by atoms with Gasteiger partial charge in [0.05, 0.1) is 11.4 Å². The minimum absolute atomic E-state index is 0.566. The van der Waals surface area contributed by atoms with Crippen molar-refractivity contribution >= 4 is 17.4 Å². The van der Waals surface area contributed by atoms with Crippen molar-refractivity contribution in [3.05, 3.63) is 16.5 Å². The van der Waals surface area contributed by atoms with Crippen molar-refractivity contribution < 1.29 is 0 Å². The molecule has 90 valence electrons. The van der Waals surface area contributed by atoms with E-state index in [2.05, 4.69) is 23.8 Å². The quantitative estimate of drug-likeness (QED) is 0.793. The number of aryl methyl sites for hydroxylation is 2. The van der Waals surface area contributed by atoms with Gasteiger partial charge in [-0.25, -0.2) is 9.97 Å². The molecule has 0 saturated heterocycles. The van der Waals surface area contributed by atoms with Crippen LogP contribution in [0.25, 0.3) is 0 Å². The van der Waals surface area contributed by atoms with Crippen LogP contribution >= 0.6 is 11.6 Å². The fraction of sp³-hybridized carbons (Fsp3) is 0.667. The van der Waals surface area contributed by atoms with E-state index in [0.717, 1.165) is 42.9 Å². The molecule has 0 bridgehead atoms. The highest BCUT2D eigenvalue weighted by Gasteiger charge is 2.12. The summed E-state index contributed by atoms with van der Waals surface area (Å²) >= 11 is 6.13. The third-order valence-electron chi connectivity index (χ3n) is 2.37. The lowest BCUT2D eigenvalue weighted by molar-refractivity contribution is 0.817. The van der Waals surface area contributed by atoms with Crippen LogP contribution in [0.5, 0.6) is 0 Å². The van der Waals surface area contributed by atoms with Gasteiger partial charge in [-0.05, 0) is 12.8 Å². The van der Waals surface area contributed by atoms with Gasteiger partial charge in [0.1, 0.15) is 5.82 Å². The molecule has 0 saturated carbocycles. The predicted octanol–water partition coefficient (Wildman–Crippen LogP) is 3.10. The number of aromatic nitrogens is 2. The monoisotopic (exact) mass is 241 g/mol. The molecular formula is C12H20ClN3. The van der Waals surface area contributed by atoms with E-state index in [-0.39, 0.29) is 0 Å². The zero-order valence-electron chi connectivity index (χ0n) is 10.5. The Kier molecular flexibility index (Phi) is 5.00. The third kappa shape index (κ3) is 3.08. The van der Waals surface area contributed by atoms with Crippen LogP contribution in [0.4, 0.5) is 5.82 Å². The number of hydrogen-bond donors (Lipinski definition) is 0. The van der Waals surface area contributed by atoms with Crippen LogP contribution in [0, 0.1) is 0 Å². The lowest BCUT2D eigenvalue weighted by Crippen LogP contribution is -2.16. The minimum atomic E-state index is 0.566. The first kappa shape index (κ1) is 13.2. The Balaban J connectivity index is 3.14. The minimum Gasteiger partial charge on any atom is -0.361 e. The summed E-state index contributed by atoms with van der Waals surface area (Å²) in [5, 5.41) is 0.566. The van der Waals surface area contributed by atoms with Gasteiger partial charge in [0.25, 0.3) is 0 Å². The molecule has 0 fully saturated rings. The van der Waals surface area contributed by atoms with Crippen LogP contribution in [0.15, 0.2) is 0 Å². The van der Waals surface area contributed by atoms with Crippen molar-refractivity contribution in [3.8, 4) is 0 Å². The molecule has 4 heteroatoms. The highest BCUT2D eigenvalue weighted by Crippen LogP contribution is 2.22. The van der Waals surface area contributed by atoms with Crippen molar-refractivity contribution in [2.24, 2.45) is 0 Å². The van der Waals surface area contributed by atoms with Crippen LogP contribution < -0.4 is 4.90 Å². The van der Waals surface area contributed by atoms with Crippen LogP contribution in [-0.4, -0.2) is 24.1 Å². The first-order valence-corrected chi connectivity index (χ1v) is 6.20. The van der Waals surface area contributed by atoms with Crippen LogP contribution in [-0.2, 0) is 12.8 Å². The molecule has 1 aromatic rings. The molecule has 0 aliphatic heterocycles. The van der Waals surface area contributed by atoms with Gasteiger partial charge in [0.15, 0.2) is 5.15 Å². The van der Waals surface area contributed by atoms with E-state index in [4.69, 9.17) is 11.6 Å². The van der Waals surface area contributed by atoms with Gasteiger partial charge in [0, 0.05) is 14.1 Å². The number of nitrogens with zero attached hydrogens (tertiary/aromatic N) is 3. The molecule has 0 spiro atoms. The van der Waals surface area contributed by atoms with Crippen molar-refractivity contribution in [2.75, 3.05) is 19.0 Å². The van der Waals surface area contributed by atoms with Gasteiger partial charge >= 0.3 is 0 Å².